The summed E-state index contributed by atoms with van der Waals surface area (Å²) in [6, 6.07) is 2.33. The van der Waals surface area contributed by atoms with Gasteiger partial charge in [0.05, 0.1) is 9.89 Å². The molecule has 1 aliphatic carbocycles. The molecule has 1 aromatic carbocycles. The second-order valence-corrected chi connectivity index (χ2v) is 4.85. The highest BCUT2D eigenvalue weighted by Crippen LogP contribution is 2.45. The van der Waals surface area contributed by atoms with Crippen LogP contribution in [0, 0.1) is 11.6 Å². The van der Waals surface area contributed by atoms with E-state index in [1.54, 1.807) is 0 Å². The van der Waals surface area contributed by atoms with E-state index >= 15 is 0 Å². The summed E-state index contributed by atoms with van der Waals surface area (Å²) in [5, 5.41) is 9.16. The molecule has 1 N–H and O–H groups in total. The number of rotatable bonds is 2. The standard InChI is InChI=1S/C11H9BrF2O2/c12-7-4-6(5-8(13)9(7)14)11(10(15)16)2-1-3-11/h4-5H,1-3H2,(H,15,16). The quantitative estimate of drug-likeness (QED) is 0.849. The normalized spacial score (nSPS) is 17.9. The van der Waals surface area contributed by atoms with Crippen molar-refractivity contribution in [2.75, 3.05) is 0 Å². The van der Waals surface area contributed by atoms with Crippen LogP contribution in [-0.4, -0.2) is 11.1 Å². The summed E-state index contributed by atoms with van der Waals surface area (Å²) in [4.78, 5) is 11.2. The smallest absolute Gasteiger partial charge is 0.314 e. The highest BCUT2D eigenvalue weighted by Gasteiger charge is 2.46. The van der Waals surface area contributed by atoms with Crippen molar-refractivity contribution in [3.8, 4) is 0 Å². The number of hydrogen-bond acceptors (Lipinski definition) is 1. The third-order valence-electron chi connectivity index (χ3n) is 3.15. The average Bonchev–Trinajstić information content (AvgIpc) is 2.11. The van der Waals surface area contributed by atoms with Crippen molar-refractivity contribution in [3.05, 3.63) is 33.8 Å². The first kappa shape index (κ1) is 11.5. The van der Waals surface area contributed by atoms with Crippen molar-refractivity contribution >= 4 is 21.9 Å². The molecule has 2 rings (SSSR count). The molecule has 1 aromatic rings. The van der Waals surface area contributed by atoms with Gasteiger partial charge in [0.25, 0.3) is 0 Å². The number of carbonyl (C=O) groups is 1. The Labute approximate surface area is 99.4 Å². The van der Waals surface area contributed by atoms with Crippen LogP contribution < -0.4 is 0 Å². The first-order valence-electron chi connectivity index (χ1n) is 4.86. The monoisotopic (exact) mass is 290 g/mol. The molecular formula is C11H9BrF2O2. The molecule has 1 fully saturated rings. The molecule has 0 atom stereocenters. The van der Waals surface area contributed by atoms with Crippen molar-refractivity contribution in [2.24, 2.45) is 0 Å². The minimum absolute atomic E-state index is 0.0324. The van der Waals surface area contributed by atoms with Gasteiger partial charge in [0.1, 0.15) is 0 Å². The van der Waals surface area contributed by atoms with Gasteiger partial charge in [0.15, 0.2) is 11.6 Å². The summed E-state index contributed by atoms with van der Waals surface area (Å²) in [6.45, 7) is 0. The second kappa shape index (κ2) is 3.80. The molecule has 0 bridgehead atoms. The average molecular weight is 291 g/mol. The van der Waals surface area contributed by atoms with Crippen molar-refractivity contribution in [1.29, 1.82) is 0 Å². The first-order valence-corrected chi connectivity index (χ1v) is 5.65. The van der Waals surface area contributed by atoms with E-state index in [1.165, 1.54) is 6.07 Å². The van der Waals surface area contributed by atoms with Gasteiger partial charge in [-0.05, 0) is 46.5 Å². The zero-order valence-corrected chi connectivity index (χ0v) is 9.85. The van der Waals surface area contributed by atoms with Gasteiger partial charge in [-0.3, -0.25) is 4.79 Å². The maximum atomic E-state index is 13.2. The zero-order chi connectivity index (χ0) is 11.9. The van der Waals surface area contributed by atoms with Crippen LogP contribution in [-0.2, 0) is 10.2 Å². The fourth-order valence-electron chi connectivity index (χ4n) is 1.99. The van der Waals surface area contributed by atoms with E-state index in [1.807, 2.05) is 0 Å². The number of carboxylic acids is 1. The van der Waals surface area contributed by atoms with Crippen LogP contribution in [0.1, 0.15) is 24.8 Å². The maximum Gasteiger partial charge on any atom is 0.314 e. The van der Waals surface area contributed by atoms with Crippen LogP contribution in [0.5, 0.6) is 0 Å². The van der Waals surface area contributed by atoms with Crippen molar-refractivity contribution < 1.29 is 18.7 Å². The molecule has 16 heavy (non-hydrogen) atoms. The number of hydrogen-bond donors (Lipinski definition) is 1. The molecule has 0 saturated heterocycles. The molecule has 0 aromatic heterocycles. The predicted octanol–water partition coefficient (Wildman–Crippen LogP) is 3.23. The number of carboxylic acid groups (broad SMARTS) is 1. The summed E-state index contributed by atoms with van der Waals surface area (Å²) >= 11 is 2.88. The minimum Gasteiger partial charge on any atom is -0.481 e. The van der Waals surface area contributed by atoms with Gasteiger partial charge in [-0.15, -0.1) is 0 Å². The first-order chi connectivity index (χ1) is 7.47. The predicted molar refractivity (Wildman–Crippen MR) is 57.2 cm³/mol. The van der Waals surface area contributed by atoms with Crippen LogP contribution in [0.3, 0.4) is 0 Å². The van der Waals surface area contributed by atoms with Gasteiger partial charge in [-0.1, -0.05) is 6.42 Å². The maximum absolute atomic E-state index is 13.2. The molecule has 0 amide bonds. The Kier molecular flexibility index (Phi) is 2.74. The lowest BCUT2D eigenvalue weighted by atomic mass is 9.64. The van der Waals surface area contributed by atoms with Crippen LogP contribution in [0.4, 0.5) is 8.78 Å². The van der Waals surface area contributed by atoms with Gasteiger partial charge in [0.2, 0.25) is 0 Å². The molecule has 1 aliphatic rings. The largest absolute Gasteiger partial charge is 0.481 e. The van der Waals surface area contributed by atoms with Crippen LogP contribution in [0.25, 0.3) is 0 Å². The molecule has 1 saturated carbocycles. The van der Waals surface area contributed by atoms with Crippen LogP contribution >= 0.6 is 15.9 Å². The van der Waals surface area contributed by atoms with Crippen molar-refractivity contribution in [1.82, 2.24) is 0 Å². The topological polar surface area (TPSA) is 37.3 Å². The van der Waals surface area contributed by atoms with E-state index in [2.05, 4.69) is 15.9 Å². The van der Waals surface area contributed by atoms with E-state index in [0.717, 1.165) is 12.5 Å². The fourth-order valence-corrected chi connectivity index (χ4v) is 2.42. The van der Waals surface area contributed by atoms with Gasteiger partial charge >= 0.3 is 5.97 Å². The summed E-state index contributed by atoms with van der Waals surface area (Å²) in [7, 11) is 0. The molecule has 0 heterocycles. The third-order valence-corrected chi connectivity index (χ3v) is 3.73. The highest BCUT2D eigenvalue weighted by atomic mass is 79.9. The minimum atomic E-state index is -1.03. The van der Waals surface area contributed by atoms with E-state index in [0.29, 0.717) is 18.4 Å². The van der Waals surface area contributed by atoms with Crippen molar-refractivity contribution in [2.45, 2.75) is 24.7 Å². The lowest BCUT2D eigenvalue weighted by Crippen LogP contribution is -2.42. The Hall–Kier alpha value is -0.970. The Bertz CT molecular complexity index is 432. The van der Waals surface area contributed by atoms with Crippen molar-refractivity contribution in [3.63, 3.8) is 0 Å². The molecule has 2 nitrogen and oxygen atoms in total. The van der Waals surface area contributed by atoms with E-state index in [4.69, 9.17) is 5.11 Å². The lowest BCUT2D eigenvalue weighted by molar-refractivity contribution is -0.147. The van der Waals surface area contributed by atoms with E-state index < -0.39 is 23.0 Å². The van der Waals surface area contributed by atoms with Gasteiger partial charge in [0, 0.05) is 0 Å². The summed E-state index contributed by atoms with van der Waals surface area (Å²) in [5.74, 6) is -2.97. The number of benzene rings is 1. The Morgan fingerprint density at radius 2 is 2.00 bits per heavy atom. The number of aliphatic carboxylic acids is 1. The van der Waals surface area contributed by atoms with Gasteiger partial charge < -0.3 is 5.11 Å². The molecule has 0 unspecified atom stereocenters. The van der Waals surface area contributed by atoms with Crippen LogP contribution in [0.2, 0.25) is 0 Å². The SMILES string of the molecule is O=C(O)C1(c2cc(F)c(F)c(Br)c2)CCC1. The van der Waals surface area contributed by atoms with Gasteiger partial charge in [-0.25, -0.2) is 8.78 Å². The fraction of sp³-hybridized carbons (Fsp3) is 0.364. The molecule has 86 valence electrons. The molecule has 5 heteroatoms. The molecule has 0 radical (unpaired) electrons. The molecular weight excluding hydrogens is 282 g/mol. The van der Waals surface area contributed by atoms with Crippen LogP contribution in [0.15, 0.2) is 16.6 Å². The highest BCUT2D eigenvalue weighted by molar-refractivity contribution is 9.10. The van der Waals surface area contributed by atoms with E-state index in [-0.39, 0.29) is 4.47 Å². The Morgan fingerprint density at radius 1 is 1.38 bits per heavy atom. The van der Waals surface area contributed by atoms with Gasteiger partial charge in [-0.2, -0.15) is 0 Å². The summed E-state index contributed by atoms with van der Waals surface area (Å²) < 4.78 is 26.2. The second-order valence-electron chi connectivity index (χ2n) is 3.99. The summed E-state index contributed by atoms with van der Waals surface area (Å²) in [6.07, 6.45) is 1.74. The zero-order valence-electron chi connectivity index (χ0n) is 8.27. The number of halogens is 3. The molecule has 0 aliphatic heterocycles. The lowest BCUT2D eigenvalue weighted by Gasteiger charge is -2.38. The summed E-state index contributed by atoms with van der Waals surface area (Å²) in [5.41, 5.74) is -0.700. The van der Waals surface area contributed by atoms with E-state index in [9.17, 15) is 13.6 Å². The third kappa shape index (κ3) is 1.54. The Balaban J connectivity index is 2.52. The molecule has 0 spiro atoms. The Morgan fingerprint density at radius 3 is 2.38 bits per heavy atom.